The van der Waals surface area contributed by atoms with Crippen molar-refractivity contribution >= 4 is 5.78 Å². The highest BCUT2D eigenvalue weighted by atomic mass is 16.5. The molecule has 0 bridgehead atoms. The molecule has 1 saturated heterocycles. The van der Waals surface area contributed by atoms with Crippen LogP contribution in [0, 0.1) is 0 Å². The van der Waals surface area contributed by atoms with E-state index < -0.39 is 42.9 Å². The topological polar surface area (TPSA) is 127 Å². The molecule has 5 N–H and O–H groups in total. The van der Waals surface area contributed by atoms with Crippen LogP contribution in [0.2, 0.25) is 0 Å². The van der Waals surface area contributed by atoms with Gasteiger partial charge in [-0.2, -0.15) is 0 Å². The molecule has 0 aliphatic carbocycles. The van der Waals surface area contributed by atoms with Crippen LogP contribution in [0.4, 0.5) is 0 Å². The Morgan fingerprint density at radius 1 is 1.17 bits per heavy atom. The number of hydrogen-bond donors (Lipinski definition) is 5. The molecule has 1 heterocycles. The third kappa shape index (κ3) is 3.71. The quantitative estimate of drug-likeness (QED) is 0.360. The maximum atomic E-state index is 11.8. The number of ketones is 1. The van der Waals surface area contributed by atoms with E-state index in [0.717, 1.165) is 12.8 Å². The van der Waals surface area contributed by atoms with Crippen LogP contribution in [0.25, 0.3) is 0 Å². The highest BCUT2D eigenvalue weighted by molar-refractivity contribution is 5.87. The summed E-state index contributed by atoms with van der Waals surface area (Å²) in [7, 11) is 0. The van der Waals surface area contributed by atoms with Crippen LogP contribution >= 0.6 is 0 Å². The van der Waals surface area contributed by atoms with E-state index in [1.807, 2.05) is 0 Å². The number of hydrogen-bond acceptors (Lipinski definition) is 7. The Labute approximate surface area is 105 Å². The number of aliphatic hydroxyl groups excluding tert-OH is 5. The summed E-state index contributed by atoms with van der Waals surface area (Å²) >= 11 is 0. The van der Waals surface area contributed by atoms with Crippen LogP contribution in [-0.2, 0) is 9.53 Å². The van der Waals surface area contributed by atoms with Crippen molar-refractivity contribution in [2.45, 2.75) is 49.8 Å². The molecule has 7 nitrogen and oxygen atoms in total. The zero-order valence-corrected chi connectivity index (χ0v) is 9.97. The normalized spacial score (nSPS) is 27.3. The predicted molar refractivity (Wildman–Crippen MR) is 59.7 cm³/mol. The molecule has 0 saturated carbocycles. The molecular formula is C11H20O7. The highest BCUT2D eigenvalue weighted by Gasteiger charge is 2.37. The van der Waals surface area contributed by atoms with Crippen molar-refractivity contribution < 1.29 is 35.1 Å². The largest absolute Gasteiger partial charge is 0.394 e. The highest BCUT2D eigenvalue weighted by Crippen LogP contribution is 2.17. The lowest BCUT2D eigenvalue weighted by molar-refractivity contribution is -0.159. The van der Waals surface area contributed by atoms with E-state index in [2.05, 4.69) is 0 Å². The van der Waals surface area contributed by atoms with E-state index in [-0.39, 0.29) is 0 Å². The van der Waals surface area contributed by atoms with Gasteiger partial charge in [0.05, 0.1) is 6.61 Å². The van der Waals surface area contributed by atoms with Crippen molar-refractivity contribution in [1.29, 1.82) is 0 Å². The molecule has 0 aromatic rings. The van der Waals surface area contributed by atoms with E-state index in [9.17, 15) is 20.1 Å². The zero-order chi connectivity index (χ0) is 13.7. The Morgan fingerprint density at radius 2 is 1.83 bits per heavy atom. The lowest BCUT2D eigenvalue weighted by Crippen LogP contribution is -2.51. The molecular weight excluding hydrogens is 244 g/mol. The lowest BCUT2D eigenvalue weighted by Gasteiger charge is -2.28. The van der Waals surface area contributed by atoms with E-state index >= 15 is 0 Å². The number of carbonyl (C=O) groups excluding carboxylic acids is 1. The van der Waals surface area contributed by atoms with Gasteiger partial charge in [0, 0.05) is 6.61 Å². The maximum absolute atomic E-state index is 11.8. The summed E-state index contributed by atoms with van der Waals surface area (Å²) in [6.45, 7) is -0.361. The molecule has 7 heteroatoms. The van der Waals surface area contributed by atoms with E-state index in [4.69, 9.17) is 14.9 Å². The molecule has 1 unspecified atom stereocenters. The van der Waals surface area contributed by atoms with Crippen molar-refractivity contribution in [1.82, 2.24) is 0 Å². The third-order valence-electron chi connectivity index (χ3n) is 3.04. The summed E-state index contributed by atoms with van der Waals surface area (Å²) in [5.74, 6) is -0.716. The van der Waals surface area contributed by atoms with Crippen LogP contribution in [0.1, 0.15) is 19.3 Å². The van der Waals surface area contributed by atoms with E-state index in [0.29, 0.717) is 13.0 Å². The van der Waals surface area contributed by atoms with Gasteiger partial charge in [-0.25, -0.2) is 0 Å². The van der Waals surface area contributed by atoms with Gasteiger partial charge in [-0.15, -0.1) is 0 Å². The first kappa shape index (κ1) is 15.5. The minimum atomic E-state index is -1.86. The molecule has 0 amide bonds. The van der Waals surface area contributed by atoms with Crippen LogP contribution in [0.5, 0.6) is 0 Å². The molecule has 1 fully saturated rings. The van der Waals surface area contributed by atoms with Gasteiger partial charge < -0.3 is 30.3 Å². The van der Waals surface area contributed by atoms with Crippen molar-refractivity contribution in [3.8, 4) is 0 Å². The van der Waals surface area contributed by atoms with E-state index in [1.54, 1.807) is 0 Å². The standard InChI is InChI=1S/C11H20O7/c12-5-6(13)8(14)10(16)11(17)9(15)7-3-1-2-4-18-7/h6-8,10-14,16-17H,1-5H2/t6-,7?,8-,10+,11+/m1/s1. The zero-order valence-electron chi connectivity index (χ0n) is 9.97. The molecule has 0 aromatic carbocycles. The van der Waals surface area contributed by atoms with Gasteiger partial charge in [0.2, 0.25) is 0 Å². The van der Waals surface area contributed by atoms with Gasteiger partial charge in [0.15, 0.2) is 5.78 Å². The second-order valence-electron chi connectivity index (χ2n) is 4.43. The van der Waals surface area contributed by atoms with Gasteiger partial charge in [-0.3, -0.25) is 4.79 Å². The molecule has 0 radical (unpaired) electrons. The molecule has 1 aliphatic heterocycles. The summed E-state index contributed by atoms with van der Waals surface area (Å²) in [4.78, 5) is 11.8. The Hall–Kier alpha value is -0.570. The van der Waals surface area contributed by atoms with E-state index in [1.165, 1.54) is 0 Å². The minimum absolute atomic E-state index is 0.418. The van der Waals surface area contributed by atoms with Crippen molar-refractivity contribution in [2.24, 2.45) is 0 Å². The number of rotatable bonds is 6. The maximum Gasteiger partial charge on any atom is 0.192 e. The predicted octanol–water partition coefficient (Wildman–Crippen LogP) is -2.44. The summed E-state index contributed by atoms with van der Waals surface area (Å²) in [6, 6.07) is 0. The summed E-state index contributed by atoms with van der Waals surface area (Å²) in [6.07, 6.45) is -5.81. The van der Waals surface area contributed by atoms with Crippen molar-refractivity contribution in [2.75, 3.05) is 13.2 Å². The fourth-order valence-corrected chi connectivity index (χ4v) is 1.85. The summed E-state index contributed by atoms with van der Waals surface area (Å²) in [5, 5.41) is 46.3. The lowest BCUT2D eigenvalue weighted by atomic mass is 9.95. The molecule has 18 heavy (non-hydrogen) atoms. The molecule has 106 valence electrons. The van der Waals surface area contributed by atoms with Crippen LogP contribution in [-0.4, -0.2) is 75.0 Å². The van der Waals surface area contributed by atoms with Gasteiger partial charge in [-0.05, 0) is 19.3 Å². The average molecular weight is 264 g/mol. The molecule has 0 spiro atoms. The van der Waals surface area contributed by atoms with Crippen LogP contribution < -0.4 is 0 Å². The Balaban J connectivity index is 2.56. The molecule has 5 atom stereocenters. The number of carbonyl (C=O) groups is 1. The second kappa shape index (κ2) is 7.13. The SMILES string of the molecule is O=C(C1CCCCO1)[C@H](O)[C@@H](O)[C@H](O)[C@H](O)CO. The smallest absolute Gasteiger partial charge is 0.192 e. The minimum Gasteiger partial charge on any atom is -0.394 e. The van der Waals surface area contributed by atoms with Crippen LogP contribution in [0.3, 0.4) is 0 Å². The molecule has 1 rings (SSSR count). The van der Waals surface area contributed by atoms with Gasteiger partial charge >= 0.3 is 0 Å². The molecule has 0 aromatic heterocycles. The first-order chi connectivity index (χ1) is 8.49. The monoisotopic (exact) mass is 264 g/mol. The summed E-state index contributed by atoms with van der Waals surface area (Å²) in [5.41, 5.74) is 0. The van der Waals surface area contributed by atoms with Crippen molar-refractivity contribution in [3.63, 3.8) is 0 Å². The third-order valence-corrected chi connectivity index (χ3v) is 3.04. The number of Topliss-reactive ketones (excluding diaryl/α,β-unsaturated/α-hetero) is 1. The van der Waals surface area contributed by atoms with Gasteiger partial charge in [-0.1, -0.05) is 0 Å². The average Bonchev–Trinajstić information content (AvgIpc) is 2.44. The fourth-order valence-electron chi connectivity index (χ4n) is 1.85. The summed E-state index contributed by atoms with van der Waals surface area (Å²) < 4.78 is 5.16. The van der Waals surface area contributed by atoms with Gasteiger partial charge in [0.1, 0.15) is 30.5 Å². The first-order valence-electron chi connectivity index (χ1n) is 5.97. The van der Waals surface area contributed by atoms with Gasteiger partial charge in [0.25, 0.3) is 0 Å². The fraction of sp³-hybridized carbons (Fsp3) is 0.909. The first-order valence-corrected chi connectivity index (χ1v) is 5.97. The Kier molecular flexibility index (Phi) is 6.13. The number of ether oxygens (including phenoxy) is 1. The second-order valence-corrected chi connectivity index (χ2v) is 4.43. The Morgan fingerprint density at radius 3 is 2.33 bits per heavy atom. The molecule has 1 aliphatic rings. The van der Waals surface area contributed by atoms with Crippen molar-refractivity contribution in [3.05, 3.63) is 0 Å². The Bertz CT molecular complexity index is 264. The van der Waals surface area contributed by atoms with Crippen LogP contribution in [0.15, 0.2) is 0 Å². The number of aliphatic hydroxyl groups is 5.